The Morgan fingerprint density at radius 2 is 1.88 bits per heavy atom. The number of hydrogen-bond donors (Lipinski definition) is 0. The van der Waals surface area contributed by atoms with Crippen molar-refractivity contribution in [1.29, 1.82) is 0 Å². The summed E-state index contributed by atoms with van der Waals surface area (Å²) in [5, 5.41) is 0.294. The van der Waals surface area contributed by atoms with Gasteiger partial charge in [-0.2, -0.15) is 0 Å². The molecule has 0 aromatic carbocycles. The fourth-order valence-electron chi connectivity index (χ4n) is 3.63. The summed E-state index contributed by atoms with van der Waals surface area (Å²) < 4.78 is 24.1. The molecule has 3 rings (SSSR count). The molecule has 6 heteroatoms. The molecule has 2 aliphatic rings. The Balaban J connectivity index is 1.60. The van der Waals surface area contributed by atoms with Gasteiger partial charge in [-0.25, -0.2) is 18.4 Å². The van der Waals surface area contributed by atoms with E-state index in [-0.39, 0.29) is 0 Å². The molecule has 2 aliphatic carbocycles. The average Bonchev–Trinajstić information content (AvgIpc) is 2.89. The van der Waals surface area contributed by atoms with Gasteiger partial charge < -0.3 is 0 Å². The molecule has 0 bridgehead atoms. The predicted octanol–water partition coefficient (Wildman–Crippen LogP) is 4.09. The van der Waals surface area contributed by atoms with Gasteiger partial charge in [0.2, 0.25) is 5.28 Å². The van der Waals surface area contributed by atoms with Gasteiger partial charge in [0.1, 0.15) is 0 Å². The number of sulfone groups is 1. The molecule has 0 N–H and O–H groups in total. The van der Waals surface area contributed by atoms with E-state index < -0.39 is 14.6 Å². The van der Waals surface area contributed by atoms with Crippen molar-refractivity contribution in [3.63, 3.8) is 0 Å². The topological polar surface area (TPSA) is 59.9 Å². The summed E-state index contributed by atoms with van der Waals surface area (Å²) in [7, 11) is -3.03. The van der Waals surface area contributed by atoms with Crippen LogP contribution in [0.1, 0.15) is 57.7 Å². The highest BCUT2D eigenvalue weighted by molar-refractivity contribution is 7.92. The Bertz CT molecular complexity index is 758. The van der Waals surface area contributed by atoms with E-state index in [0.717, 1.165) is 43.4 Å². The van der Waals surface area contributed by atoms with Crippen LogP contribution in [-0.4, -0.2) is 28.9 Å². The highest BCUT2D eigenvalue weighted by Gasteiger charge is 2.34. The maximum atomic E-state index is 12.4. The van der Waals surface area contributed by atoms with Crippen molar-refractivity contribution in [1.82, 2.24) is 9.97 Å². The van der Waals surface area contributed by atoms with Crippen LogP contribution in [0.4, 0.5) is 0 Å². The molecule has 1 fully saturated rings. The van der Waals surface area contributed by atoms with Gasteiger partial charge >= 0.3 is 0 Å². The zero-order chi connectivity index (χ0) is 17.5. The van der Waals surface area contributed by atoms with Crippen LogP contribution in [-0.2, 0) is 16.3 Å². The Morgan fingerprint density at radius 1 is 1.21 bits per heavy atom. The van der Waals surface area contributed by atoms with E-state index >= 15 is 0 Å². The third kappa shape index (κ3) is 3.67. The van der Waals surface area contributed by atoms with Gasteiger partial charge in [-0.1, -0.05) is 5.57 Å². The van der Waals surface area contributed by atoms with Crippen LogP contribution in [0.15, 0.2) is 11.8 Å². The standard InChI is InChI=1S/C18H25ClN2O2S/c1-18(2,3)24(22,23)11-12-4-6-13(7-5-12)14-8-15-10-20-17(19)21-16(15)9-14/h9-10,12-13H,4-8,11H2,1-3H3. The lowest BCUT2D eigenvalue weighted by Crippen LogP contribution is -2.34. The molecule has 0 spiro atoms. The summed E-state index contributed by atoms with van der Waals surface area (Å²) >= 11 is 5.87. The molecule has 24 heavy (non-hydrogen) atoms. The molecule has 4 nitrogen and oxygen atoms in total. The molecule has 1 aromatic rings. The van der Waals surface area contributed by atoms with E-state index in [4.69, 9.17) is 11.6 Å². The summed E-state index contributed by atoms with van der Waals surface area (Å²) in [6, 6.07) is 0. The average molecular weight is 369 g/mol. The first-order chi connectivity index (χ1) is 11.2. The smallest absolute Gasteiger partial charge is 0.222 e. The number of halogens is 1. The third-order valence-corrected chi connectivity index (χ3v) is 8.30. The van der Waals surface area contributed by atoms with Crippen LogP contribution in [0.5, 0.6) is 0 Å². The summed E-state index contributed by atoms with van der Waals surface area (Å²) in [6.45, 7) is 5.38. The van der Waals surface area contributed by atoms with Crippen molar-refractivity contribution < 1.29 is 8.42 Å². The molecule has 0 amide bonds. The lowest BCUT2D eigenvalue weighted by Gasteiger charge is -2.31. The van der Waals surface area contributed by atoms with Crippen LogP contribution in [0.3, 0.4) is 0 Å². The fraction of sp³-hybridized carbons (Fsp3) is 0.667. The molecule has 0 aliphatic heterocycles. The van der Waals surface area contributed by atoms with Gasteiger partial charge in [-0.05, 0) is 82.4 Å². The van der Waals surface area contributed by atoms with E-state index in [1.165, 1.54) is 5.57 Å². The fourth-order valence-corrected chi connectivity index (χ4v) is 5.22. The van der Waals surface area contributed by atoms with E-state index in [1.807, 2.05) is 6.20 Å². The van der Waals surface area contributed by atoms with E-state index in [2.05, 4.69) is 16.0 Å². The molecule has 1 aromatic heterocycles. The van der Waals surface area contributed by atoms with Gasteiger partial charge in [0, 0.05) is 11.8 Å². The number of rotatable bonds is 3. The molecule has 132 valence electrons. The van der Waals surface area contributed by atoms with Crippen LogP contribution in [0.25, 0.3) is 6.08 Å². The summed E-state index contributed by atoms with van der Waals surface area (Å²) in [5.74, 6) is 1.15. The minimum absolute atomic E-state index is 0.294. The minimum Gasteiger partial charge on any atom is -0.228 e. The van der Waals surface area contributed by atoms with Crippen molar-refractivity contribution in [3.8, 4) is 0 Å². The zero-order valence-electron chi connectivity index (χ0n) is 14.5. The lowest BCUT2D eigenvalue weighted by atomic mass is 9.78. The number of fused-ring (bicyclic) bond motifs is 1. The number of nitrogens with zero attached hydrogens (tertiary/aromatic N) is 2. The number of aromatic nitrogens is 2. The first kappa shape index (κ1) is 17.9. The Kier molecular flexibility index (Phi) is 4.77. The van der Waals surface area contributed by atoms with Crippen LogP contribution >= 0.6 is 11.6 Å². The maximum absolute atomic E-state index is 12.4. The monoisotopic (exact) mass is 368 g/mol. The van der Waals surface area contributed by atoms with Gasteiger partial charge in [0.15, 0.2) is 9.84 Å². The largest absolute Gasteiger partial charge is 0.228 e. The Morgan fingerprint density at radius 3 is 2.50 bits per heavy atom. The lowest BCUT2D eigenvalue weighted by molar-refractivity contribution is 0.319. The minimum atomic E-state index is -3.03. The second kappa shape index (κ2) is 6.41. The summed E-state index contributed by atoms with van der Waals surface area (Å²) in [4.78, 5) is 8.35. The zero-order valence-corrected chi connectivity index (χ0v) is 16.1. The molecular weight excluding hydrogens is 344 g/mol. The molecule has 0 radical (unpaired) electrons. The second-order valence-corrected chi connectivity index (χ2v) is 11.2. The maximum Gasteiger partial charge on any atom is 0.222 e. The summed E-state index contributed by atoms with van der Waals surface area (Å²) in [5.41, 5.74) is 3.49. The van der Waals surface area contributed by atoms with Crippen molar-refractivity contribution in [2.45, 2.75) is 57.6 Å². The second-order valence-electron chi connectivity index (χ2n) is 8.06. The van der Waals surface area contributed by atoms with Crippen molar-refractivity contribution >= 4 is 27.5 Å². The first-order valence-corrected chi connectivity index (χ1v) is 10.6. The molecular formula is C18H25ClN2O2S. The van der Waals surface area contributed by atoms with Crippen LogP contribution < -0.4 is 0 Å². The van der Waals surface area contributed by atoms with E-state index in [1.54, 1.807) is 20.8 Å². The molecule has 0 atom stereocenters. The Labute approximate surface area is 149 Å². The SMILES string of the molecule is CC(C)(C)S(=O)(=O)CC1CCC(C2=Cc3nc(Cl)ncc3C2)CC1. The van der Waals surface area contributed by atoms with Crippen LogP contribution in [0, 0.1) is 11.8 Å². The van der Waals surface area contributed by atoms with Gasteiger partial charge in [0.05, 0.1) is 16.2 Å². The highest BCUT2D eigenvalue weighted by Crippen LogP contribution is 2.39. The van der Waals surface area contributed by atoms with Crippen molar-refractivity contribution in [3.05, 3.63) is 28.3 Å². The molecule has 0 saturated heterocycles. The molecule has 1 saturated carbocycles. The normalized spacial score (nSPS) is 24.6. The van der Waals surface area contributed by atoms with Gasteiger partial charge in [0.25, 0.3) is 0 Å². The number of allylic oxidation sites excluding steroid dienone is 1. The van der Waals surface area contributed by atoms with Crippen LogP contribution in [0.2, 0.25) is 5.28 Å². The van der Waals surface area contributed by atoms with Gasteiger partial charge in [-0.15, -0.1) is 0 Å². The van der Waals surface area contributed by atoms with Crippen molar-refractivity contribution in [2.24, 2.45) is 11.8 Å². The quantitative estimate of drug-likeness (QED) is 0.754. The highest BCUT2D eigenvalue weighted by atomic mass is 35.5. The molecule has 0 unspecified atom stereocenters. The third-order valence-electron chi connectivity index (χ3n) is 5.34. The molecule has 1 heterocycles. The summed E-state index contributed by atoms with van der Waals surface area (Å²) in [6.07, 6.45) is 8.97. The van der Waals surface area contributed by atoms with Gasteiger partial charge in [-0.3, -0.25) is 0 Å². The van der Waals surface area contributed by atoms with E-state index in [9.17, 15) is 8.42 Å². The van der Waals surface area contributed by atoms with Crippen molar-refractivity contribution in [2.75, 3.05) is 5.75 Å². The number of hydrogen-bond acceptors (Lipinski definition) is 4. The van der Waals surface area contributed by atoms with E-state index in [0.29, 0.717) is 22.9 Å². The first-order valence-electron chi connectivity index (χ1n) is 8.60. The Hall–Kier alpha value is -0.940. The predicted molar refractivity (Wildman–Crippen MR) is 97.7 cm³/mol.